The van der Waals surface area contributed by atoms with Crippen molar-refractivity contribution in [2.45, 2.75) is 19.1 Å². The van der Waals surface area contributed by atoms with Crippen molar-refractivity contribution in [1.82, 2.24) is 8.96 Å². The second-order valence-corrected chi connectivity index (χ2v) is 8.46. The fraction of sp³-hybridized carbons (Fsp3) is 0.150. The average Bonchev–Trinajstić information content (AvgIpc) is 2.95. The molecule has 0 aliphatic heterocycles. The molecule has 0 amide bonds. The molecule has 0 aliphatic rings. The Bertz CT molecular complexity index is 1140. The summed E-state index contributed by atoms with van der Waals surface area (Å²) in [4.78, 5) is 4.18. The van der Waals surface area contributed by atoms with Gasteiger partial charge < -0.3 is 5.73 Å². The van der Waals surface area contributed by atoms with Gasteiger partial charge in [0.15, 0.2) is 0 Å². The van der Waals surface area contributed by atoms with Gasteiger partial charge in [-0.15, -0.1) is 6.42 Å². The smallest absolute Gasteiger partial charge is 0.244 e. The number of nitrogen functional groups attached to an aromatic ring is 1. The summed E-state index contributed by atoms with van der Waals surface area (Å²) in [6.45, 7) is 3.22. The van der Waals surface area contributed by atoms with Crippen molar-refractivity contribution in [2.75, 3.05) is 5.73 Å². The molecule has 0 fully saturated rings. The van der Waals surface area contributed by atoms with Crippen LogP contribution in [0.2, 0.25) is 0 Å². The molecule has 0 saturated heterocycles. The van der Waals surface area contributed by atoms with Crippen LogP contribution in [0.3, 0.4) is 0 Å². The summed E-state index contributed by atoms with van der Waals surface area (Å²) < 4.78 is 26.5. The van der Waals surface area contributed by atoms with Gasteiger partial charge in [-0.25, -0.2) is 17.4 Å². The predicted molar refractivity (Wildman–Crippen MR) is 106 cm³/mol. The number of anilines is 1. The SMILES string of the molecule is C#C/C=C(/c1ccccc1)c1ccc2nc(N)n(S(=O)(=O)C(C)C)c2c1. The Labute approximate surface area is 153 Å². The van der Waals surface area contributed by atoms with Crippen LogP contribution >= 0.6 is 0 Å². The highest BCUT2D eigenvalue weighted by molar-refractivity contribution is 7.90. The van der Waals surface area contributed by atoms with Crippen LogP contribution in [0.1, 0.15) is 25.0 Å². The number of terminal acetylenes is 1. The van der Waals surface area contributed by atoms with Gasteiger partial charge in [0.05, 0.1) is 16.3 Å². The topological polar surface area (TPSA) is 78.0 Å². The van der Waals surface area contributed by atoms with Crippen LogP contribution in [0.15, 0.2) is 54.6 Å². The van der Waals surface area contributed by atoms with E-state index in [9.17, 15) is 8.42 Å². The number of nitrogens with two attached hydrogens (primary N) is 1. The molecule has 0 radical (unpaired) electrons. The fourth-order valence-corrected chi connectivity index (χ4v) is 3.90. The molecule has 6 heteroatoms. The predicted octanol–water partition coefficient (Wildman–Crippen LogP) is 3.27. The zero-order chi connectivity index (χ0) is 18.9. The first kappa shape index (κ1) is 17.8. The van der Waals surface area contributed by atoms with Gasteiger partial charge in [-0.1, -0.05) is 42.3 Å². The molecule has 0 atom stereocenters. The Kier molecular flexibility index (Phi) is 4.58. The second-order valence-electron chi connectivity index (χ2n) is 6.12. The first-order chi connectivity index (χ1) is 12.4. The van der Waals surface area contributed by atoms with Crippen molar-refractivity contribution in [2.24, 2.45) is 0 Å². The molecule has 0 saturated carbocycles. The monoisotopic (exact) mass is 365 g/mol. The maximum atomic E-state index is 12.7. The summed E-state index contributed by atoms with van der Waals surface area (Å²) in [5.41, 5.74) is 9.41. The summed E-state index contributed by atoms with van der Waals surface area (Å²) in [6, 6.07) is 15.0. The summed E-state index contributed by atoms with van der Waals surface area (Å²) in [5, 5.41) is -0.624. The van der Waals surface area contributed by atoms with E-state index in [1.807, 2.05) is 36.4 Å². The first-order valence-corrected chi connectivity index (χ1v) is 9.61. The van der Waals surface area contributed by atoms with E-state index in [2.05, 4.69) is 10.9 Å². The highest BCUT2D eigenvalue weighted by atomic mass is 32.2. The standard InChI is InChI=1S/C20H19N3O2S/c1-4-8-17(15-9-6-5-7-10-15)16-11-12-18-19(13-16)23(20(21)22-18)26(24,25)14(2)3/h1,5-14H,2-3H3,(H2,21,22)/b17-8-. The van der Waals surface area contributed by atoms with Crippen molar-refractivity contribution in [3.8, 4) is 12.3 Å². The lowest BCUT2D eigenvalue weighted by Crippen LogP contribution is -2.23. The van der Waals surface area contributed by atoms with E-state index in [1.165, 1.54) is 0 Å². The van der Waals surface area contributed by atoms with E-state index in [4.69, 9.17) is 12.2 Å². The van der Waals surface area contributed by atoms with Gasteiger partial charge in [0, 0.05) is 0 Å². The second kappa shape index (κ2) is 6.70. The van der Waals surface area contributed by atoms with Gasteiger partial charge >= 0.3 is 0 Å². The number of benzene rings is 2. The molecule has 3 aromatic rings. The number of imidazole rings is 1. The lowest BCUT2D eigenvalue weighted by atomic mass is 9.97. The molecule has 1 aromatic heterocycles. The maximum Gasteiger partial charge on any atom is 0.244 e. The van der Waals surface area contributed by atoms with Crippen LogP contribution in [0, 0.1) is 12.3 Å². The largest absolute Gasteiger partial charge is 0.368 e. The van der Waals surface area contributed by atoms with E-state index in [1.54, 1.807) is 32.1 Å². The Morgan fingerprint density at radius 3 is 2.50 bits per heavy atom. The summed E-state index contributed by atoms with van der Waals surface area (Å²) in [5.74, 6) is 2.51. The Balaban J connectivity index is 2.27. The van der Waals surface area contributed by atoms with E-state index < -0.39 is 15.3 Å². The van der Waals surface area contributed by atoms with Crippen LogP contribution in [0.25, 0.3) is 16.6 Å². The number of aromatic nitrogens is 2. The zero-order valence-corrected chi connectivity index (χ0v) is 15.4. The number of fused-ring (bicyclic) bond motifs is 1. The zero-order valence-electron chi connectivity index (χ0n) is 14.5. The minimum atomic E-state index is -3.64. The molecule has 0 spiro atoms. The number of nitrogens with zero attached hydrogens (tertiary/aromatic N) is 2. The van der Waals surface area contributed by atoms with Crippen molar-refractivity contribution in [3.05, 3.63) is 65.7 Å². The van der Waals surface area contributed by atoms with Crippen LogP contribution < -0.4 is 5.73 Å². The van der Waals surface area contributed by atoms with Crippen LogP contribution in [-0.2, 0) is 10.0 Å². The molecule has 132 valence electrons. The van der Waals surface area contributed by atoms with Crippen molar-refractivity contribution < 1.29 is 8.42 Å². The minimum absolute atomic E-state index is 0.0481. The third-order valence-electron chi connectivity index (χ3n) is 4.11. The Morgan fingerprint density at radius 2 is 1.88 bits per heavy atom. The van der Waals surface area contributed by atoms with Crippen molar-refractivity contribution in [1.29, 1.82) is 0 Å². The minimum Gasteiger partial charge on any atom is -0.368 e. The lowest BCUT2D eigenvalue weighted by molar-refractivity contribution is 0.580. The third-order valence-corrected chi connectivity index (χ3v) is 6.20. The number of allylic oxidation sites excluding steroid dienone is 1. The van der Waals surface area contributed by atoms with E-state index in [0.717, 1.165) is 20.7 Å². The van der Waals surface area contributed by atoms with Gasteiger partial charge in [-0.05, 0) is 48.8 Å². The van der Waals surface area contributed by atoms with Gasteiger partial charge in [-0.2, -0.15) is 0 Å². The highest BCUT2D eigenvalue weighted by Crippen LogP contribution is 2.29. The molecule has 3 rings (SSSR count). The third kappa shape index (κ3) is 2.98. The van der Waals surface area contributed by atoms with Gasteiger partial charge in [0.2, 0.25) is 16.0 Å². The Hall–Kier alpha value is -3.04. The quantitative estimate of drug-likeness (QED) is 0.720. The van der Waals surface area contributed by atoms with E-state index >= 15 is 0 Å². The van der Waals surface area contributed by atoms with Crippen LogP contribution in [0.4, 0.5) is 5.95 Å². The number of hydrogen-bond donors (Lipinski definition) is 1. The van der Waals surface area contributed by atoms with Crippen molar-refractivity contribution in [3.63, 3.8) is 0 Å². The summed E-state index contributed by atoms with van der Waals surface area (Å²) in [7, 11) is -3.64. The molecule has 0 bridgehead atoms. The number of rotatable bonds is 4. The van der Waals surface area contributed by atoms with Gasteiger partial charge in [0.25, 0.3) is 0 Å². The molecule has 2 aromatic carbocycles. The molecule has 2 N–H and O–H groups in total. The summed E-state index contributed by atoms with van der Waals surface area (Å²) in [6.07, 6.45) is 7.16. The van der Waals surface area contributed by atoms with E-state index in [0.29, 0.717) is 11.0 Å². The van der Waals surface area contributed by atoms with Gasteiger partial charge in [-0.3, -0.25) is 0 Å². The molecular weight excluding hydrogens is 346 g/mol. The fourth-order valence-electron chi connectivity index (χ4n) is 2.75. The molecule has 26 heavy (non-hydrogen) atoms. The van der Waals surface area contributed by atoms with Crippen LogP contribution in [0.5, 0.6) is 0 Å². The molecule has 0 unspecified atom stereocenters. The molecule has 0 aliphatic carbocycles. The highest BCUT2D eigenvalue weighted by Gasteiger charge is 2.24. The summed E-state index contributed by atoms with van der Waals surface area (Å²) >= 11 is 0. The average molecular weight is 365 g/mol. The normalized spacial score (nSPS) is 12.5. The first-order valence-electron chi connectivity index (χ1n) is 8.10. The molecular formula is C20H19N3O2S. The lowest BCUT2D eigenvalue weighted by Gasteiger charge is -2.12. The maximum absolute atomic E-state index is 12.7. The van der Waals surface area contributed by atoms with Crippen LogP contribution in [-0.4, -0.2) is 22.6 Å². The van der Waals surface area contributed by atoms with Crippen molar-refractivity contribution >= 4 is 32.6 Å². The van der Waals surface area contributed by atoms with E-state index in [-0.39, 0.29) is 5.95 Å². The molecule has 1 heterocycles. The molecule has 5 nitrogen and oxygen atoms in total. The Morgan fingerprint density at radius 1 is 1.19 bits per heavy atom. The van der Waals surface area contributed by atoms with Gasteiger partial charge in [0.1, 0.15) is 0 Å². The number of hydrogen-bond acceptors (Lipinski definition) is 4.